The van der Waals surface area contributed by atoms with E-state index in [1.807, 2.05) is 60.8 Å². The van der Waals surface area contributed by atoms with Crippen molar-refractivity contribution >= 4 is 22.0 Å². The highest BCUT2D eigenvalue weighted by atomic mass is 79.9. The minimum Gasteiger partial charge on any atom is -0.445 e. The number of likely N-dealkylation sites (tertiary alicyclic amines) is 1. The number of nitrogens with zero attached hydrogens (tertiary/aromatic N) is 4. The normalized spacial score (nSPS) is 15.5. The zero-order valence-electron chi connectivity index (χ0n) is 17.8. The lowest BCUT2D eigenvalue weighted by atomic mass is 10.1. The molecule has 0 spiro atoms. The maximum Gasteiger partial charge on any atom is 0.410 e. The Morgan fingerprint density at radius 2 is 1.73 bits per heavy atom. The Morgan fingerprint density at radius 1 is 1.00 bits per heavy atom. The highest BCUT2D eigenvalue weighted by Crippen LogP contribution is 2.32. The van der Waals surface area contributed by atoms with Crippen molar-refractivity contribution in [3.05, 3.63) is 89.0 Å². The fourth-order valence-corrected chi connectivity index (χ4v) is 4.19. The molecule has 2 aromatic heterocycles. The largest absolute Gasteiger partial charge is 0.445 e. The molecule has 7 nitrogen and oxygen atoms in total. The van der Waals surface area contributed by atoms with Crippen LogP contribution in [-0.4, -0.2) is 37.5 Å². The summed E-state index contributed by atoms with van der Waals surface area (Å²) in [5.41, 5.74) is 3.82. The number of carbonyl (C=O) groups is 1. The molecule has 1 fully saturated rings. The summed E-state index contributed by atoms with van der Waals surface area (Å²) in [7, 11) is 0. The van der Waals surface area contributed by atoms with Crippen molar-refractivity contribution < 1.29 is 9.53 Å². The summed E-state index contributed by atoms with van der Waals surface area (Å²) in [6, 6.07) is 17.6. The third-order valence-electron chi connectivity index (χ3n) is 5.68. The predicted octanol–water partition coefficient (Wildman–Crippen LogP) is 5.77. The van der Waals surface area contributed by atoms with Gasteiger partial charge in [0, 0.05) is 24.5 Å². The number of aromatic nitrogens is 4. The van der Waals surface area contributed by atoms with Crippen molar-refractivity contribution in [2.75, 3.05) is 6.54 Å². The molecule has 5 rings (SSSR count). The summed E-state index contributed by atoms with van der Waals surface area (Å²) >= 11 is 3.35. The van der Waals surface area contributed by atoms with Crippen LogP contribution in [0, 0.1) is 0 Å². The van der Waals surface area contributed by atoms with Crippen LogP contribution in [0.3, 0.4) is 0 Å². The first kappa shape index (κ1) is 21.3. The van der Waals surface area contributed by atoms with Gasteiger partial charge in [-0.05, 0) is 39.9 Å². The number of hydrogen-bond donors (Lipinski definition) is 1. The standard InChI is InChI=1S/C25H22BrN5O2/c26-20-13-27-23(28-14-20)19-10-8-18(9-11-19)21-15-29-24(30-21)22-7-4-12-31(22)25(32)33-16-17-5-2-1-3-6-17/h1-3,5-6,8-11,13-15,22H,4,7,12,16H2,(H,29,30)/t22-/m0/s1. The molecule has 0 bridgehead atoms. The van der Waals surface area contributed by atoms with Crippen LogP contribution in [0.1, 0.15) is 30.3 Å². The molecule has 4 aromatic rings. The van der Waals surface area contributed by atoms with Gasteiger partial charge >= 0.3 is 6.09 Å². The molecule has 33 heavy (non-hydrogen) atoms. The first-order valence-electron chi connectivity index (χ1n) is 10.8. The Balaban J connectivity index is 1.27. The third-order valence-corrected chi connectivity index (χ3v) is 6.09. The Morgan fingerprint density at radius 3 is 2.48 bits per heavy atom. The molecule has 1 aliphatic heterocycles. The van der Waals surface area contributed by atoms with Crippen molar-refractivity contribution in [3.63, 3.8) is 0 Å². The van der Waals surface area contributed by atoms with Crippen LogP contribution >= 0.6 is 15.9 Å². The second-order valence-electron chi connectivity index (χ2n) is 7.88. The lowest BCUT2D eigenvalue weighted by Gasteiger charge is -2.22. The molecule has 0 saturated carbocycles. The van der Waals surface area contributed by atoms with Gasteiger partial charge in [-0.3, -0.25) is 4.90 Å². The number of aromatic amines is 1. The molecule has 1 atom stereocenters. The van der Waals surface area contributed by atoms with Gasteiger partial charge in [-0.15, -0.1) is 0 Å². The summed E-state index contributed by atoms with van der Waals surface area (Å²) < 4.78 is 6.39. The van der Waals surface area contributed by atoms with Crippen LogP contribution in [0.2, 0.25) is 0 Å². The van der Waals surface area contributed by atoms with E-state index >= 15 is 0 Å². The molecule has 1 amide bonds. The maximum absolute atomic E-state index is 12.7. The van der Waals surface area contributed by atoms with Gasteiger partial charge in [0.05, 0.1) is 22.4 Å². The van der Waals surface area contributed by atoms with E-state index < -0.39 is 0 Å². The smallest absolute Gasteiger partial charge is 0.410 e. The van der Waals surface area contributed by atoms with Gasteiger partial charge in [-0.1, -0.05) is 54.6 Å². The average molecular weight is 504 g/mol. The number of nitrogens with one attached hydrogen (secondary N) is 1. The van der Waals surface area contributed by atoms with Crippen molar-refractivity contribution in [1.82, 2.24) is 24.8 Å². The van der Waals surface area contributed by atoms with Gasteiger partial charge in [0.15, 0.2) is 5.82 Å². The second-order valence-corrected chi connectivity index (χ2v) is 8.79. The molecule has 166 valence electrons. The van der Waals surface area contributed by atoms with Crippen molar-refractivity contribution in [1.29, 1.82) is 0 Å². The minimum absolute atomic E-state index is 0.113. The molecule has 1 saturated heterocycles. The first-order valence-corrected chi connectivity index (χ1v) is 11.6. The summed E-state index contributed by atoms with van der Waals surface area (Å²) in [6.07, 6.45) is 6.74. The Bertz CT molecular complexity index is 1230. The van der Waals surface area contributed by atoms with Crippen LogP contribution < -0.4 is 0 Å². The van der Waals surface area contributed by atoms with E-state index in [2.05, 4.69) is 35.9 Å². The number of imidazole rings is 1. The van der Waals surface area contributed by atoms with Crippen molar-refractivity contribution in [2.45, 2.75) is 25.5 Å². The number of benzene rings is 2. The highest BCUT2D eigenvalue weighted by molar-refractivity contribution is 9.10. The van der Waals surface area contributed by atoms with Gasteiger partial charge in [-0.2, -0.15) is 0 Å². The number of hydrogen-bond acceptors (Lipinski definition) is 5. The van der Waals surface area contributed by atoms with Crippen LogP contribution in [0.5, 0.6) is 0 Å². The molecule has 1 aliphatic rings. The second kappa shape index (κ2) is 9.54. The van der Waals surface area contributed by atoms with Gasteiger partial charge in [0.1, 0.15) is 12.4 Å². The van der Waals surface area contributed by atoms with Crippen LogP contribution in [0.15, 0.2) is 77.7 Å². The highest BCUT2D eigenvalue weighted by Gasteiger charge is 2.33. The minimum atomic E-state index is -0.307. The van der Waals surface area contributed by atoms with Crippen molar-refractivity contribution in [2.24, 2.45) is 0 Å². The fraction of sp³-hybridized carbons (Fsp3) is 0.200. The molecule has 1 N–H and O–H groups in total. The van der Waals surface area contributed by atoms with Crippen LogP contribution in [0.25, 0.3) is 22.6 Å². The molecule has 8 heteroatoms. The fourth-order valence-electron chi connectivity index (χ4n) is 3.98. The van der Waals surface area contributed by atoms with Crippen LogP contribution in [0.4, 0.5) is 4.79 Å². The Kier molecular flexibility index (Phi) is 6.17. The van der Waals surface area contributed by atoms with Gasteiger partial charge in [-0.25, -0.2) is 19.7 Å². The summed E-state index contributed by atoms with van der Waals surface area (Å²) in [4.78, 5) is 31.1. The topological polar surface area (TPSA) is 84.0 Å². The monoisotopic (exact) mass is 503 g/mol. The van der Waals surface area contributed by atoms with E-state index in [9.17, 15) is 4.79 Å². The Labute approximate surface area is 200 Å². The Hall–Kier alpha value is -3.52. The zero-order chi connectivity index (χ0) is 22.6. The molecular formula is C25H22BrN5O2. The lowest BCUT2D eigenvalue weighted by Crippen LogP contribution is -2.31. The van der Waals surface area contributed by atoms with E-state index in [4.69, 9.17) is 4.74 Å². The molecule has 3 heterocycles. The third kappa shape index (κ3) is 4.80. The average Bonchev–Trinajstić information content (AvgIpc) is 3.54. The zero-order valence-corrected chi connectivity index (χ0v) is 19.4. The lowest BCUT2D eigenvalue weighted by molar-refractivity contribution is 0.0910. The number of ether oxygens (including phenoxy) is 1. The van der Waals surface area contributed by atoms with Gasteiger partial charge < -0.3 is 9.72 Å². The van der Waals surface area contributed by atoms with E-state index in [0.717, 1.165) is 45.5 Å². The van der Waals surface area contributed by atoms with Gasteiger partial charge in [0.25, 0.3) is 0 Å². The summed E-state index contributed by atoms with van der Waals surface area (Å²) in [5, 5.41) is 0. The predicted molar refractivity (Wildman–Crippen MR) is 128 cm³/mol. The molecule has 0 unspecified atom stereocenters. The molecular weight excluding hydrogens is 482 g/mol. The van der Waals surface area contributed by atoms with E-state index in [0.29, 0.717) is 12.4 Å². The molecule has 0 radical (unpaired) electrons. The van der Waals surface area contributed by atoms with Crippen molar-refractivity contribution in [3.8, 4) is 22.6 Å². The summed E-state index contributed by atoms with van der Waals surface area (Å²) in [5.74, 6) is 1.45. The van der Waals surface area contributed by atoms with E-state index in [1.165, 1.54) is 0 Å². The SMILES string of the molecule is O=C(OCc1ccccc1)N1CCC[C@H]1c1ncc(-c2ccc(-c3ncc(Br)cn3)cc2)[nH]1. The number of amides is 1. The van der Waals surface area contributed by atoms with Gasteiger partial charge in [0.2, 0.25) is 0 Å². The van der Waals surface area contributed by atoms with E-state index in [1.54, 1.807) is 17.3 Å². The summed E-state index contributed by atoms with van der Waals surface area (Å²) in [6.45, 7) is 0.928. The maximum atomic E-state index is 12.7. The van der Waals surface area contributed by atoms with E-state index in [-0.39, 0.29) is 18.7 Å². The molecule has 2 aromatic carbocycles. The number of carbonyl (C=O) groups excluding carboxylic acids is 1. The number of rotatable bonds is 5. The number of H-pyrrole nitrogens is 1. The van der Waals surface area contributed by atoms with Crippen LogP contribution in [-0.2, 0) is 11.3 Å². The first-order chi connectivity index (χ1) is 16.2. The molecule has 0 aliphatic carbocycles. The number of halogens is 1. The quantitative estimate of drug-likeness (QED) is 0.373.